The van der Waals surface area contributed by atoms with Gasteiger partial charge >= 0.3 is 5.97 Å². The molecule has 0 spiro atoms. The molecule has 0 unspecified atom stereocenters. The fourth-order valence-electron chi connectivity index (χ4n) is 2.28. The Morgan fingerprint density at radius 1 is 1.50 bits per heavy atom. The van der Waals surface area contributed by atoms with Crippen molar-refractivity contribution in [1.29, 1.82) is 0 Å². The number of fused-ring (bicyclic) bond motifs is 1. The van der Waals surface area contributed by atoms with Gasteiger partial charge in [-0.15, -0.1) is 0 Å². The zero-order valence-corrected chi connectivity index (χ0v) is 12.4. The number of benzene rings is 1. The summed E-state index contributed by atoms with van der Waals surface area (Å²) in [5, 5.41) is 10.7. The Bertz CT molecular complexity index is 671. The second-order valence-electron chi connectivity index (χ2n) is 5.42. The molecule has 1 aromatic carbocycles. The van der Waals surface area contributed by atoms with Crippen LogP contribution in [0.25, 0.3) is 10.9 Å². The number of carboxylic acids is 1. The smallest absolute Gasteiger partial charge is 0.356 e. The van der Waals surface area contributed by atoms with Crippen molar-refractivity contribution in [3.63, 3.8) is 0 Å². The van der Waals surface area contributed by atoms with Crippen molar-refractivity contribution in [3.8, 4) is 5.75 Å². The lowest BCUT2D eigenvalue weighted by atomic mass is 10.1. The number of methoxy groups -OCH3 is 1. The fourth-order valence-corrected chi connectivity index (χ4v) is 2.45. The number of hydrogen-bond donors (Lipinski definition) is 2. The van der Waals surface area contributed by atoms with Gasteiger partial charge in [0, 0.05) is 22.5 Å². The Balaban J connectivity index is 2.83. The van der Waals surface area contributed by atoms with Crippen LogP contribution in [0.2, 0.25) is 5.02 Å². The Morgan fingerprint density at radius 2 is 2.15 bits per heavy atom. The molecule has 2 aromatic rings. The highest BCUT2D eigenvalue weighted by atomic mass is 35.5. The van der Waals surface area contributed by atoms with Crippen LogP contribution in [0.5, 0.6) is 5.75 Å². The van der Waals surface area contributed by atoms with Crippen molar-refractivity contribution in [3.05, 3.63) is 28.9 Å². The van der Waals surface area contributed by atoms with Crippen molar-refractivity contribution in [1.82, 2.24) is 4.57 Å². The fraction of sp³-hybridized carbons (Fsp3) is 0.357. The van der Waals surface area contributed by atoms with Gasteiger partial charge in [0.15, 0.2) is 11.4 Å². The van der Waals surface area contributed by atoms with Gasteiger partial charge in [0.25, 0.3) is 0 Å². The molecule has 1 aromatic heterocycles. The molecular formula is C14H17ClN2O3. The van der Waals surface area contributed by atoms with E-state index in [0.29, 0.717) is 28.2 Å². The number of nitrogens with two attached hydrogens (primary N) is 1. The van der Waals surface area contributed by atoms with E-state index in [1.54, 1.807) is 22.8 Å². The Hall–Kier alpha value is -1.72. The van der Waals surface area contributed by atoms with Crippen molar-refractivity contribution in [2.45, 2.75) is 25.9 Å². The number of ether oxygens (including phenoxy) is 1. The monoisotopic (exact) mass is 296 g/mol. The highest BCUT2D eigenvalue weighted by Gasteiger charge is 2.26. The minimum absolute atomic E-state index is 0.0864. The van der Waals surface area contributed by atoms with Crippen LogP contribution in [-0.2, 0) is 6.54 Å². The molecule has 1 heterocycles. The summed E-state index contributed by atoms with van der Waals surface area (Å²) in [6, 6.07) is 5.18. The van der Waals surface area contributed by atoms with Gasteiger partial charge < -0.3 is 20.1 Å². The predicted octanol–water partition coefficient (Wildman–Crippen LogP) is 2.74. The maximum Gasteiger partial charge on any atom is 0.356 e. The zero-order chi connectivity index (χ0) is 15.1. The summed E-state index contributed by atoms with van der Waals surface area (Å²) >= 11 is 6.01. The second-order valence-corrected chi connectivity index (χ2v) is 5.86. The molecule has 0 amide bonds. The number of nitrogens with zero attached hydrogens (tertiary/aromatic N) is 1. The molecule has 0 radical (unpaired) electrons. The molecule has 0 saturated heterocycles. The third-order valence-corrected chi connectivity index (χ3v) is 3.19. The molecule has 0 fully saturated rings. The lowest BCUT2D eigenvalue weighted by molar-refractivity contribution is 0.0681. The Labute approximate surface area is 121 Å². The van der Waals surface area contributed by atoms with E-state index in [1.807, 2.05) is 13.8 Å². The number of aromatic carboxylic acids is 1. The zero-order valence-electron chi connectivity index (χ0n) is 11.6. The molecule has 0 atom stereocenters. The molecule has 0 saturated carbocycles. The number of hydrogen-bond acceptors (Lipinski definition) is 3. The summed E-state index contributed by atoms with van der Waals surface area (Å²) in [7, 11) is 1.45. The lowest BCUT2D eigenvalue weighted by Gasteiger charge is -2.21. The van der Waals surface area contributed by atoms with Gasteiger partial charge in [-0.2, -0.15) is 0 Å². The molecule has 0 aliphatic heterocycles. The van der Waals surface area contributed by atoms with Crippen LogP contribution in [0.3, 0.4) is 0 Å². The summed E-state index contributed by atoms with van der Waals surface area (Å²) in [5.41, 5.74) is 6.25. The highest BCUT2D eigenvalue weighted by Crippen LogP contribution is 2.35. The summed E-state index contributed by atoms with van der Waals surface area (Å²) in [4.78, 5) is 11.6. The van der Waals surface area contributed by atoms with Gasteiger partial charge in [-0.3, -0.25) is 0 Å². The molecule has 0 bridgehead atoms. The maximum absolute atomic E-state index is 11.6. The lowest BCUT2D eigenvalue weighted by Crippen LogP contribution is -2.37. The molecule has 108 valence electrons. The molecule has 5 nitrogen and oxygen atoms in total. The topological polar surface area (TPSA) is 77.5 Å². The SMILES string of the molecule is COc1c(C(=O)O)n(CC(C)(C)N)c2cc(Cl)ccc12. The number of carbonyl (C=O) groups is 1. The van der Waals surface area contributed by atoms with Crippen LogP contribution in [0.4, 0.5) is 0 Å². The molecule has 0 aliphatic rings. The molecule has 20 heavy (non-hydrogen) atoms. The van der Waals surface area contributed by atoms with E-state index in [1.165, 1.54) is 7.11 Å². The first kappa shape index (κ1) is 14.7. The van der Waals surface area contributed by atoms with Gasteiger partial charge in [0.2, 0.25) is 0 Å². The van der Waals surface area contributed by atoms with Crippen LogP contribution in [-0.4, -0.2) is 28.3 Å². The van der Waals surface area contributed by atoms with Crippen LogP contribution in [0.1, 0.15) is 24.3 Å². The van der Waals surface area contributed by atoms with Gasteiger partial charge in [-0.25, -0.2) is 4.79 Å². The second kappa shape index (κ2) is 5.00. The number of halogens is 1. The van der Waals surface area contributed by atoms with Crippen molar-refractivity contribution >= 4 is 28.5 Å². The van der Waals surface area contributed by atoms with E-state index in [2.05, 4.69) is 0 Å². The minimum atomic E-state index is -1.06. The van der Waals surface area contributed by atoms with Crippen LogP contribution in [0.15, 0.2) is 18.2 Å². The van der Waals surface area contributed by atoms with Crippen molar-refractivity contribution in [2.24, 2.45) is 5.73 Å². The molecule has 2 rings (SSSR count). The van der Waals surface area contributed by atoms with Gasteiger partial charge in [-0.05, 0) is 32.0 Å². The average molecular weight is 297 g/mol. The number of carboxylic acid groups (broad SMARTS) is 1. The van der Waals surface area contributed by atoms with Gasteiger partial charge in [0.1, 0.15) is 0 Å². The Morgan fingerprint density at radius 3 is 2.65 bits per heavy atom. The van der Waals surface area contributed by atoms with E-state index in [4.69, 9.17) is 22.1 Å². The first-order valence-electron chi connectivity index (χ1n) is 6.12. The van der Waals surface area contributed by atoms with Crippen molar-refractivity contribution in [2.75, 3.05) is 7.11 Å². The van der Waals surface area contributed by atoms with Crippen LogP contribution >= 0.6 is 11.6 Å². The summed E-state index contributed by atoms with van der Waals surface area (Å²) in [6.07, 6.45) is 0. The number of rotatable bonds is 4. The first-order chi connectivity index (χ1) is 9.24. The largest absolute Gasteiger partial charge is 0.494 e. The van der Waals surface area contributed by atoms with E-state index in [9.17, 15) is 9.90 Å². The van der Waals surface area contributed by atoms with E-state index in [-0.39, 0.29) is 5.69 Å². The predicted molar refractivity (Wildman–Crippen MR) is 78.7 cm³/mol. The third-order valence-electron chi connectivity index (χ3n) is 2.95. The molecule has 6 heteroatoms. The van der Waals surface area contributed by atoms with Crippen LogP contribution in [0, 0.1) is 0 Å². The third kappa shape index (κ3) is 2.59. The number of aromatic nitrogens is 1. The molecule has 3 N–H and O–H groups in total. The van der Waals surface area contributed by atoms with E-state index < -0.39 is 11.5 Å². The van der Waals surface area contributed by atoms with Gasteiger partial charge in [0.05, 0.1) is 12.6 Å². The van der Waals surface area contributed by atoms with Crippen molar-refractivity contribution < 1.29 is 14.6 Å². The summed E-state index contributed by atoms with van der Waals surface area (Å²) in [6.45, 7) is 4.01. The van der Waals surface area contributed by atoms with E-state index >= 15 is 0 Å². The minimum Gasteiger partial charge on any atom is -0.494 e. The van der Waals surface area contributed by atoms with Crippen LogP contribution < -0.4 is 10.5 Å². The summed E-state index contributed by atoms with van der Waals surface area (Å²) < 4.78 is 6.91. The molecule has 0 aliphatic carbocycles. The summed E-state index contributed by atoms with van der Waals surface area (Å²) in [5.74, 6) is -0.730. The molecular weight excluding hydrogens is 280 g/mol. The highest BCUT2D eigenvalue weighted by molar-refractivity contribution is 6.31. The normalized spacial score (nSPS) is 11.8. The van der Waals surface area contributed by atoms with E-state index in [0.717, 1.165) is 0 Å². The standard InChI is InChI=1S/C14H17ClN2O3/c1-14(2,16)7-17-10-6-8(15)4-5-9(10)12(20-3)11(17)13(18)19/h4-6H,7,16H2,1-3H3,(H,18,19). The first-order valence-corrected chi connectivity index (χ1v) is 6.50. The quantitative estimate of drug-likeness (QED) is 0.909. The Kier molecular flexibility index (Phi) is 3.67. The average Bonchev–Trinajstić information content (AvgIpc) is 2.60. The maximum atomic E-state index is 11.6. The van der Waals surface area contributed by atoms with Gasteiger partial charge in [-0.1, -0.05) is 11.6 Å².